The van der Waals surface area contributed by atoms with Crippen LogP contribution in [0.5, 0.6) is 5.75 Å². The number of methoxy groups -OCH3 is 1. The summed E-state index contributed by atoms with van der Waals surface area (Å²) < 4.78 is 17.4. The fourth-order valence-corrected chi connectivity index (χ4v) is 4.87. The molecule has 1 amide bonds. The van der Waals surface area contributed by atoms with Gasteiger partial charge in [-0.05, 0) is 66.6 Å². The van der Waals surface area contributed by atoms with E-state index in [1.165, 1.54) is 4.90 Å². The normalized spacial score (nSPS) is 13.9. The van der Waals surface area contributed by atoms with Crippen molar-refractivity contribution >= 4 is 17.0 Å². The van der Waals surface area contributed by atoms with Crippen LogP contribution >= 0.6 is 0 Å². The van der Waals surface area contributed by atoms with E-state index in [1.807, 2.05) is 24.3 Å². The van der Waals surface area contributed by atoms with E-state index in [-0.39, 0.29) is 5.91 Å². The third kappa shape index (κ3) is 4.93. The maximum Gasteiger partial charge on any atom is 0.253 e. The van der Waals surface area contributed by atoms with Crippen molar-refractivity contribution in [3.05, 3.63) is 71.4 Å². The van der Waals surface area contributed by atoms with Crippen LogP contribution in [0.15, 0.2) is 59.1 Å². The van der Waals surface area contributed by atoms with E-state index in [0.29, 0.717) is 39.7 Å². The molecule has 188 valence electrons. The van der Waals surface area contributed by atoms with Crippen LogP contribution in [0, 0.1) is 17.2 Å². The Kier molecular flexibility index (Phi) is 6.93. The van der Waals surface area contributed by atoms with Gasteiger partial charge in [0.25, 0.3) is 5.91 Å². The van der Waals surface area contributed by atoms with E-state index in [0.717, 1.165) is 54.7 Å². The SMILES string of the molecule is COc1cc(C(=O)N(C)C)ccc1-c1cc2nccc(-c3ccc(CC4CCOCC4)c(C#N)c3)c2o1. The summed E-state index contributed by atoms with van der Waals surface area (Å²) in [6, 6.07) is 17.5. The lowest BCUT2D eigenvalue weighted by Crippen LogP contribution is -2.21. The van der Waals surface area contributed by atoms with Crippen molar-refractivity contribution in [1.82, 2.24) is 9.88 Å². The second-order valence-corrected chi connectivity index (χ2v) is 9.54. The summed E-state index contributed by atoms with van der Waals surface area (Å²) in [4.78, 5) is 18.4. The molecule has 0 spiro atoms. The van der Waals surface area contributed by atoms with Crippen LogP contribution in [-0.4, -0.2) is 50.2 Å². The highest BCUT2D eigenvalue weighted by molar-refractivity contribution is 5.96. The molecule has 1 saturated heterocycles. The smallest absolute Gasteiger partial charge is 0.253 e. The number of amides is 1. The predicted molar refractivity (Wildman–Crippen MR) is 141 cm³/mol. The summed E-state index contributed by atoms with van der Waals surface area (Å²) in [6.07, 6.45) is 4.69. The number of benzene rings is 2. The molecule has 4 aromatic rings. The molecule has 3 heterocycles. The average molecular weight is 496 g/mol. The van der Waals surface area contributed by atoms with Gasteiger partial charge < -0.3 is 18.8 Å². The van der Waals surface area contributed by atoms with Crippen molar-refractivity contribution in [2.75, 3.05) is 34.4 Å². The quantitative estimate of drug-likeness (QED) is 0.340. The zero-order valence-electron chi connectivity index (χ0n) is 21.3. The highest BCUT2D eigenvalue weighted by Crippen LogP contribution is 2.38. The molecule has 0 unspecified atom stereocenters. The van der Waals surface area contributed by atoms with Gasteiger partial charge in [0.05, 0.1) is 24.3 Å². The largest absolute Gasteiger partial charge is 0.496 e. The van der Waals surface area contributed by atoms with Crippen LogP contribution in [0.25, 0.3) is 33.6 Å². The van der Waals surface area contributed by atoms with E-state index in [1.54, 1.807) is 39.5 Å². The summed E-state index contributed by atoms with van der Waals surface area (Å²) >= 11 is 0. The molecule has 37 heavy (non-hydrogen) atoms. The van der Waals surface area contributed by atoms with Crippen molar-refractivity contribution < 1.29 is 18.7 Å². The van der Waals surface area contributed by atoms with E-state index in [4.69, 9.17) is 13.9 Å². The Hall–Kier alpha value is -4.15. The van der Waals surface area contributed by atoms with Gasteiger partial charge in [-0.15, -0.1) is 0 Å². The van der Waals surface area contributed by atoms with Crippen LogP contribution < -0.4 is 4.74 Å². The number of ether oxygens (including phenoxy) is 2. The number of aromatic nitrogens is 1. The molecule has 5 rings (SSSR count). The zero-order valence-corrected chi connectivity index (χ0v) is 21.3. The molecule has 7 heteroatoms. The summed E-state index contributed by atoms with van der Waals surface area (Å²) in [5.74, 6) is 1.57. The number of nitrogens with zero attached hydrogens (tertiary/aromatic N) is 3. The lowest BCUT2D eigenvalue weighted by molar-refractivity contribution is 0.0665. The molecular formula is C30H29N3O4. The number of nitriles is 1. The maximum atomic E-state index is 12.4. The number of carbonyl (C=O) groups is 1. The summed E-state index contributed by atoms with van der Waals surface area (Å²) in [5.41, 5.74) is 6.12. The second kappa shape index (κ2) is 10.5. The summed E-state index contributed by atoms with van der Waals surface area (Å²) in [5, 5.41) is 9.89. The van der Waals surface area contributed by atoms with Gasteiger partial charge in [-0.25, -0.2) is 0 Å². The molecule has 0 saturated carbocycles. The van der Waals surface area contributed by atoms with E-state index in [9.17, 15) is 10.1 Å². The Balaban J connectivity index is 1.51. The summed E-state index contributed by atoms with van der Waals surface area (Å²) in [6.45, 7) is 1.58. The van der Waals surface area contributed by atoms with Crippen molar-refractivity contribution in [2.45, 2.75) is 19.3 Å². The minimum absolute atomic E-state index is 0.105. The minimum Gasteiger partial charge on any atom is -0.496 e. The van der Waals surface area contributed by atoms with Gasteiger partial charge in [0.2, 0.25) is 0 Å². The molecule has 7 nitrogen and oxygen atoms in total. The highest BCUT2D eigenvalue weighted by Gasteiger charge is 2.20. The Bertz CT molecular complexity index is 1490. The molecule has 0 N–H and O–H groups in total. The second-order valence-electron chi connectivity index (χ2n) is 9.54. The first-order valence-electron chi connectivity index (χ1n) is 12.4. The molecule has 0 atom stereocenters. The zero-order chi connectivity index (χ0) is 25.9. The predicted octanol–water partition coefficient (Wildman–Crippen LogP) is 5.71. The van der Waals surface area contributed by atoms with Crippen molar-refractivity contribution in [3.8, 4) is 34.3 Å². The van der Waals surface area contributed by atoms with Crippen molar-refractivity contribution in [3.63, 3.8) is 0 Å². The number of carbonyl (C=O) groups excluding carboxylic acids is 1. The van der Waals surface area contributed by atoms with Crippen molar-refractivity contribution in [2.24, 2.45) is 5.92 Å². The van der Waals surface area contributed by atoms with Crippen LogP contribution in [0.2, 0.25) is 0 Å². The first kappa shape index (κ1) is 24.5. The van der Waals surface area contributed by atoms with Gasteiger partial charge >= 0.3 is 0 Å². The topological polar surface area (TPSA) is 88.6 Å². The molecule has 2 aromatic carbocycles. The molecule has 1 fully saturated rings. The lowest BCUT2D eigenvalue weighted by atomic mass is 9.89. The van der Waals surface area contributed by atoms with E-state index in [2.05, 4.69) is 23.2 Å². The number of rotatable bonds is 6. The van der Waals surface area contributed by atoms with E-state index < -0.39 is 0 Å². The molecule has 0 bridgehead atoms. The van der Waals surface area contributed by atoms with E-state index >= 15 is 0 Å². The van der Waals surface area contributed by atoms with Gasteiger partial charge in [-0.2, -0.15) is 5.26 Å². The highest BCUT2D eigenvalue weighted by atomic mass is 16.5. The Labute approximate surface area is 216 Å². The number of fused-ring (bicyclic) bond motifs is 1. The fourth-order valence-electron chi connectivity index (χ4n) is 4.87. The molecule has 1 aliphatic rings. The maximum absolute atomic E-state index is 12.4. The van der Waals surface area contributed by atoms with Gasteiger partial charge in [-0.1, -0.05) is 12.1 Å². The molecule has 2 aromatic heterocycles. The van der Waals surface area contributed by atoms with Crippen molar-refractivity contribution in [1.29, 1.82) is 5.26 Å². The Morgan fingerprint density at radius 2 is 1.92 bits per heavy atom. The fraction of sp³-hybridized carbons (Fsp3) is 0.300. The third-order valence-electron chi connectivity index (χ3n) is 6.92. The number of hydrogen-bond acceptors (Lipinski definition) is 6. The number of hydrogen-bond donors (Lipinski definition) is 0. The van der Waals surface area contributed by atoms with Gasteiger partial charge in [0.1, 0.15) is 17.0 Å². The Morgan fingerprint density at radius 1 is 1.11 bits per heavy atom. The van der Waals surface area contributed by atoms with Crippen LogP contribution in [0.3, 0.4) is 0 Å². The van der Waals surface area contributed by atoms with Gasteiger partial charge in [-0.3, -0.25) is 9.78 Å². The summed E-state index contributed by atoms with van der Waals surface area (Å²) in [7, 11) is 5.00. The van der Waals surface area contributed by atoms with Crippen LogP contribution in [0.4, 0.5) is 0 Å². The molecule has 1 aliphatic heterocycles. The lowest BCUT2D eigenvalue weighted by Gasteiger charge is -2.22. The standard InChI is InChI=1S/C30H29N3O4/c1-33(2)30(34)22-6-7-25(27(16-22)35-3)28-17-26-29(37-28)24(8-11-32-26)21-5-4-20(23(15-21)18-31)14-19-9-12-36-13-10-19/h4-8,11,15-17,19H,9-10,12-14H2,1-3H3. The van der Waals surface area contributed by atoms with Gasteiger partial charge in [0, 0.05) is 50.7 Å². The molecule has 0 aliphatic carbocycles. The monoisotopic (exact) mass is 495 g/mol. The minimum atomic E-state index is -0.105. The number of pyridine rings is 1. The van der Waals surface area contributed by atoms with Crippen LogP contribution in [0.1, 0.15) is 34.3 Å². The average Bonchev–Trinajstić information content (AvgIpc) is 3.37. The molecular weight excluding hydrogens is 466 g/mol. The number of furan rings is 1. The van der Waals surface area contributed by atoms with Gasteiger partial charge in [0.15, 0.2) is 5.58 Å². The first-order valence-corrected chi connectivity index (χ1v) is 12.4. The third-order valence-corrected chi connectivity index (χ3v) is 6.92. The molecule has 0 radical (unpaired) electrons. The van der Waals surface area contributed by atoms with Crippen LogP contribution in [-0.2, 0) is 11.2 Å². The first-order chi connectivity index (χ1) is 18.0. The Morgan fingerprint density at radius 3 is 2.65 bits per heavy atom.